The number of hydrogen-bond acceptors (Lipinski definition) is 8. The molecule has 2 atom stereocenters. The predicted octanol–water partition coefficient (Wildman–Crippen LogP) is 3.35. The number of nitrogens with two attached hydrogens (primary N) is 1. The van der Waals surface area contributed by atoms with E-state index in [0.717, 1.165) is 24.0 Å². The summed E-state index contributed by atoms with van der Waals surface area (Å²) in [6.45, 7) is 0.0361. The summed E-state index contributed by atoms with van der Waals surface area (Å²) in [6, 6.07) is 9.21. The molecular formula is C22H23ClN4O5S. The molecule has 11 heteroatoms. The van der Waals surface area contributed by atoms with E-state index in [4.69, 9.17) is 25.3 Å². The van der Waals surface area contributed by atoms with Gasteiger partial charge in [0.05, 0.1) is 18.4 Å². The first-order chi connectivity index (χ1) is 15.8. The molecule has 1 aromatic carbocycles. The smallest absolute Gasteiger partial charge is 0.333 e. The molecule has 1 aliphatic rings. The molecule has 33 heavy (non-hydrogen) atoms. The van der Waals surface area contributed by atoms with E-state index in [-0.39, 0.29) is 30.1 Å². The van der Waals surface area contributed by atoms with Gasteiger partial charge < -0.3 is 9.73 Å². The van der Waals surface area contributed by atoms with Crippen LogP contribution < -0.4 is 10.5 Å². The van der Waals surface area contributed by atoms with E-state index >= 15 is 0 Å². The van der Waals surface area contributed by atoms with Crippen molar-refractivity contribution in [2.75, 3.05) is 11.9 Å². The highest BCUT2D eigenvalue weighted by Crippen LogP contribution is 2.29. The Hall–Kier alpha value is -2.79. The van der Waals surface area contributed by atoms with Crippen molar-refractivity contribution in [2.45, 2.75) is 31.7 Å². The van der Waals surface area contributed by atoms with Crippen molar-refractivity contribution in [3.05, 3.63) is 76.6 Å². The quantitative estimate of drug-likeness (QED) is 0.435. The number of carbonyl (C=O) groups is 1. The summed E-state index contributed by atoms with van der Waals surface area (Å²) in [5.74, 6) is 0.306. The van der Waals surface area contributed by atoms with Gasteiger partial charge in [-0.1, -0.05) is 23.7 Å². The van der Waals surface area contributed by atoms with Crippen molar-refractivity contribution in [3.8, 4) is 0 Å². The number of nitrogens with zero attached hydrogens (tertiary/aromatic N) is 2. The lowest BCUT2D eigenvalue weighted by atomic mass is 10.1. The lowest BCUT2D eigenvalue weighted by Gasteiger charge is -2.15. The van der Waals surface area contributed by atoms with Crippen LogP contribution in [0.5, 0.6) is 0 Å². The number of furan rings is 1. The van der Waals surface area contributed by atoms with E-state index in [2.05, 4.69) is 15.3 Å². The van der Waals surface area contributed by atoms with E-state index in [9.17, 15) is 13.2 Å². The number of ketones is 1. The fourth-order valence-corrected chi connectivity index (χ4v) is 4.55. The number of halogens is 1. The van der Waals surface area contributed by atoms with Crippen LogP contribution in [-0.4, -0.2) is 36.8 Å². The molecule has 1 saturated carbocycles. The maximum Gasteiger partial charge on any atom is 0.333 e. The zero-order valence-corrected chi connectivity index (χ0v) is 19.2. The third-order valence-corrected chi connectivity index (χ3v) is 6.18. The van der Waals surface area contributed by atoms with Crippen LogP contribution in [0.1, 0.15) is 46.5 Å². The van der Waals surface area contributed by atoms with Crippen molar-refractivity contribution >= 4 is 33.5 Å². The Bertz CT molecular complexity index is 1250. The first kappa shape index (κ1) is 23.4. The molecule has 0 amide bonds. The highest BCUT2D eigenvalue weighted by atomic mass is 35.5. The summed E-state index contributed by atoms with van der Waals surface area (Å²) in [7, 11) is -3.96. The number of rotatable bonds is 9. The Morgan fingerprint density at radius 1 is 1.27 bits per heavy atom. The molecular weight excluding hydrogens is 468 g/mol. The first-order valence-corrected chi connectivity index (χ1v) is 12.2. The van der Waals surface area contributed by atoms with Gasteiger partial charge in [0, 0.05) is 23.7 Å². The van der Waals surface area contributed by atoms with E-state index in [1.807, 2.05) is 18.2 Å². The third-order valence-electron chi connectivity index (χ3n) is 5.48. The molecule has 2 heterocycles. The second-order valence-electron chi connectivity index (χ2n) is 8.04. The van der Waals surface area contributed by atoms with Gasteiger partial charge in [-0.05, 0) is 54.5 Å². The zero-order chi connectivity index (χ0) is 23.4. The molecule has 1 fully saturated rings. The van der Waals surface area contributed by atoms with Crippen LogP contribution in [-0.2, 0) is 20.9 Å². The van der Waals surface area contributed by atoms with Crippen LogP contribution in [0.4, 0.5) is 5.82 Å². The van der Waals surface area contributed by atoms with Crippen LogP contribution >= 0.6 is 11.6 Å². The van der Waals surface area contributed by atoms with Crippen molar-refractivity contribution in [1.29, 1.82) is 0 Å². The number of anilines is 1. The molecule has 0 radical (unpaired) electrons. The van der Waals surface area contributed by atoms with E-state index in [1.165, 1.54) is 12.5 Å². The topological polar surface area (TPSA) is 137 Å². The Morgan fingerprint density at radius 3 is 2.91 bits per heavy atom. The molecule has 0 spiro atoms. The van der Waals surface area contributed by atoms with Crippen molar-refractivity contribution in [2.24, 2.45) is 11.1 Å². The number of benzene rings is 1. The molecule has 2 aromatic heterocycles. The fourth-order valence-electron chi connectivity index (χ4n) is 3.96. The van der Waals surface area contributed by atoms with Gasteiger partial charge in [-0.2, -0.15) is 8.42 Å². The Kier molecular flexibility index (Phi) is 7.08. The number of hydrogen-bond donors (Lipinski definition) is 2. The third kappa shape index (κ3) is 6.38. The molecule has 0 aliphatic heterocycles. The van der Waals surface area contributed by atoms with Gasteiger partial charge in [0.15, 0.2) is 5.76 Å². The van der Waals surface area contributed by atoms with Crippen LogP contribution in [0.15, 0.2) is 53.5 Å². The summed E-state index contributed by atoms with van der Waals surface area (Å²) >= 11 is 6.04. The summed E-state index contributed by atoms with van der Waals surface area (Å²) in [6.07, 6.45) is 7.16. The zero-order valence-electron chi connectivity index (χ0n) is 17.6. The molecule has 0 bridgehead atoms. The molecule has 3 aromatic rings. The predicted molar refractivity (Wildman–Crippen MR) is 122 cm³/mol. The first-order valence-electron chi connectivity index (χ1n) is 10.4. The largest absolute Gasteiger partial charge is 0.461 e. The molecule has 0 saturated heterocycles. The second kappa shape index (κ2) is 10.0. The maximum absolute atomic E-state index is 13.1. The standard InChI is InChI=1S/C22H23ClN4O5S/c23-17-3-1-2-14(7-17)6-16-9-20(31-11-16)21(28)19-10-25-13-26-22(19)27-18-5-4-15(8-18)12-32-33(24,29)30/h1-3,7,9-11,13,15,18H,4-6,8,12H2,(H2,24,29,30)(H,25,26,27)/t15-,18+/m1/s1. The van der Waals surface area contributed by atoms with Crippen molar-refractivity contribution in [1.82, 2.24) is 9.97 Å². The monoisotopic (exact) mass is 490 g/mol. The van der Waals surface area contributed by atoms with Crippen LogP contribution in [0, 0.1) is 5.92 Å². The second-order valence-corrected chi connectivity index (χ2v) is 9.70. The van der Waals surface area contributed by atoms with Gasteiger partial charge in [0.25, 0.3) is 0 Å². The van der Waals surface area contributed by atoms with Crippen molar-refractivity contribution in [3.63, 3.8) is 0 Å². The van der Waals surface area contributed by atoms with Gasteiger partial charge in [0.2, 0.25) is 5.78 Å². The lowest BCUT2D eigenvalue weighted by Crippen LogP contribution is -2.22. The van der Waals surface area contributed by atoms with Gasteiger partial charge in [-0.3, -0.25) is 8.98 Å². The minimum Gasteiger partial charge on any atom is -0.461 e. The fraction of sp³-hybridized carbons (Fsp3) is 0.318. The molecule has 1 aliphatic carbocycles. The molecule has 174 valence electrons. The molecule has 0 unspecified atom stereocenters. The Labute approximate surface area is 196 Å². The summed E-state index contributed by atoms with van der Waals surface area (Å²) in [4.78, 5) is 21.3. The minimum absolute atomic E-state index is 0.00974. The average Bonchev–Trinajstić information content (AvgIpc) is 3.41. The Morgan fingerprint density at radius 2 is 2.12 bits per heavy atom. The normalized spacial score (nSPS) is 18.4. The Balaban J connectivity index is 1.42. The van der Waals surface area contributed by atoms with E-state index in [1.54, 1.807) is 18.4 Å². The number of aromatic nitrogens is 2. The number of carbonyl (C=O) groups excluding carboxylic acids is 1. The summed E-state index contributed by atoms with van der Waals surface area (Å²) in [5.41, 5.74) is 2.15. The summed E-state index contributed by atoms with van der Waals surface area (Å²) in [5, 5.41) is 8.82. The van der Waals surface area contributed by atoms with Crippen LogP contribution in [0.2, 0.25) is 5.02 Å². The molecule has 4 rings (SSSR count). The molecule has 9 nitrogen and oxygen atoms in total. The van der Waals surface area contributed by atoms with Gasteiger partial charge in [-0.25, -0.2) is 15.1 Å². The lowest BCUT2D eigenvalue weighted by molar-refractivity contribution is 0.101. The average molecular weight is 491 g/mol. The highest BCUT2D eigenvalue weighted by Gasteiger charge is 2.28. The SMILES string of the molecule is NS(=O)(=O)OC[C@@H]1CC[C@H](Nc2ncncc2C(=O)c2cc(Cc3cccc(Cl)c3)co2)C1. The van der Waals surface area contributed by atoms with Crippen molar-refractivity contribution < 1.29 is 21.8 Å². The number of nitrogens with one attached hydrogen (secondary N) is 1. The highest BCUT2D eigenvalue weighted by molar-refractivity contribution is 7.84. The van der Waals surface area contributed by atoms with E-state index < -0.39 is 10.3 Å². The van der Waals surface area contributed by atoms with Gasteiger partial charge >= 0.3 is 10.3 Å². The molecule has 3 N–H and O–H groups in total. The minimum atomic E-state index is -3.96. The summed E-state index contributed by atoms with van der Waals surface area (Å²) < 4.78 is 32.3. The van der Waals surface area contributed by atoms with Gasteiger partial charge in [0.1, 0.15) is 12.1 Å². The maximum atomic E-state index is 13.1. The van der Waals surface area contributed by atoms with Crippen LogP contribution in [0.3, 0.4) is 0 Å². The van der Waals surface area contributed by atoms with E-state index in [0.29, 0.717) is 29.2 Å². The van der Waals surface area contributed by atoms with Gasteiger partial charge in [-0.15, -0.1) is 0 Å². The van der Waals surface area contributed by atoms with Crippen LogP contribution in [0.25, 0.3) is 0 Å².